The van der Waals surface area contributed by atoms with Gasteiger partial charge in [0, 0.05) is 37.4 Å². The zero-order valence-electron chi connectivity index (χ0n) is 24.5. The molecule has 0 aromatic heterocycles. The summed E-state index contributed by atoms with van der Waals surface area (Å²) in [4.78, 5) is 18.6. The minimum absolute atomic E-state index is 0.141. The van der Waals surface area contributed by atoms with E-state index in [-0.39, 0.29) is 12.4 Å². The monoisotopic (exact) mass is 589 g/mol. The number of hydrogen-bond donors (Lipinski definition) is 2. The van der Waals surface area contributed by atoms with Crippen LogP contribution in [0.4, 0.5) is 14.9 Å². The van der Waals surface area contributed by atoms with Gasteiger partial charge in [0.05, 0.1) is 6.04 Å². The van der Waals surface area contributed by atoms with Crippen molar-refractivity contribution in [2.45, 2.75) is 70.5 Å². The summed E-state index contributed by atoms with van der Waals surface area (Å²) in [6.07, 6.45) is -0.223. The lowest BCUT2D eigenvalue weighted by Gasteiger charge is -2.39. The molecule has 1 amide bonds. The summed E-state index contributed by atoms with van der Waals surface area (Å²) < 4.78 is 54.6. The zero-order valence-corrected chi connectivity index (χ0v) is 25.3. The number of sulfonamides is 1. The predicted molar refractivity (Wildman–Crippen MR) is 157 cm³/mol. The van der Waals surface area contributed by atoms with Gasteiger partial charge in [-0.1, -0.05) is 30.3 Å². The lowest BCUT2D eigenvalue weighted by Crippen LogP contribution is -2.59. The fraction of sp³-hybridized carbons (Fsp3) is 0.517. The number of anilines is 1. The molecule has 2 heterocycles. The van der Waals surface area contributed by atoms with E-state index in [0.29, 0.717) is 31.7 Å². The molecule has 10 nitrogen and oxygen atoms in total. The van der Waals surface area contributed by atoms with Crippen molar-refractivity contribution < 1.29 is 27.1 Å². The normalized spacial score (nSPS) is 22.4. The standard InChI is InChI=1S/C29H40FN5O5S/c1-20(23-9-7-8-10-24(23)30)31-26-33-41(37,38)25(29(5,6)39-26)19-21-11-13-22(14-12-21)34-15-17-35(18-16-34)32-27(36)40-28(2,3)4/h7-14,20,25H,15-19H2,1-6H3,(H,31,33)(H,32,36)/t20-,25+/m0/s1. The van der Waals surface area contributed by atoms with Crippen LogP contribution in [0.3, 0.4) is 0 Å². The van der Waals surface area contributed by atoms with Gasteiger partial charge in [-0.05, 0) is 71.7 Å². The fourth-order valence-corrected chi connectivity index (χ4v) is 6.62. The third kappa shape index (κ3) is 7.88. The highest BCUT2D eigenvalue weighted by atomic mass is 32.2. The summed E-state index contributed by atoms with van der Waals surface area (Å²) in [7, 11) is -3.83. The van der Waals surface area contributed by atoms with Crippen molar-refractivity contribution in [1.82, 2.24) is 15.2 Å². The first-order valence-electron chi connectivity index (χ1n) is 13.7. The van der Waals surface area contributed by atoms with Crippen molar-refractivity contribution in [2.75, 3.05) is 31.1 Å². The number of amidine groups is 1. The molecule has 2 aliphatic rings. The Morgan fingerprint density at radius 1 is 1.15 bits per heavy atom. The number of piperazine rings is 1. The number of nitrogens with one attached hydrogen (secondary N) is 2. The number of ether oxygens (including phenoxy) is 2. The molecule has 2 fully saturated rings. The molecule has 2 saturated heterocycles. The third-order valence-corrected chi connectivity index (χ3v) is 9.00. The highest BCUT2D eigenvalue weighted by Crippen LogP contribution is 2.31. The first kappa shape index (κ1) is 30.6. The van der Waals surface area contributed by atoms with Crippen LogP contribution in [0.2, 0.25) is 0 Å². The number of amides is 1. The lowest BCUT2D eigenvalue weighted by atomic mass is 9.97. The molecule has 2 N–H and O–H groups in total. The topological polar surface area (TPSA) is 113 Å². The van der Waals surface area contributed by atoms with Crippen LogP contribution in [0, 0.1) is 5.82 Å². The first-order chi connectivity index (χ1) is 19.1. The Morgan fingerprint density at radius 3 is 2.37 bits per heavy atom. The van der Waals surface area contributed by atoms with Gasteiger partial charge < -0.3 is 14.4 Å². The molecular weight excluding hydrogens is 549 g/mol. The quantitative estimate of drug-likeness (QED) is 0.521. The van der Waals surface area contributed by atoms with Crippen LogP contribution < -0.4 is 15.0 Å². The maximum absolute atomic E-state index is 14.2. The number of halogens is 1. The van der Waals surface area contributed by atoms with Crippen LogP contribution in [0.5, 0.6) is 0 Å². The van der Waals surface area contributed by atoms with Crippen molar-refractivity contribution in [2.24, 2.45) is 4.99 Å². The van der Waals surface area contributed by atoms with E-state index in [0.717, 1.165) is 11.3 Å². The van der Waals surface area contributed by atoms with Crippen LogP contribution in [0.1, 0.15) is 58.7 Å². The number of nitrogens with zero attached hydrogens (tertiary/aromatic N) is 3. The van der Waals surface area contributed by atoms with E-state index < -0.39 is 44.4 Å². The molecule has 2 aromatic rings. The molecule has 4 rings (SSSR count). The van der Waals surface area contributed by atoms with E-state index in [1.165, 1.54) is 6.07 Å². The SMILES string of the molecule is C[C@H](N=C1NS(=O)(=O)[C@H](Cc2ccc(N3CCN(NC(=O)OC(C)(C)C)CC3)cc2)C(C)(C)O1)c1ccccc1F. The van der Waals surface area contributed by atoms with Gasteiger partial charge in [0.15, 0.2) is 0 Å². The van der Waals surface area contributed by atoms with Gasteiger partial charge in [0.2, 0.25) is 10.0 Å². The molecule has 224 valence electrons. The van der Waals surface area contributed by atoms with E-state index in [2.05, 4.69) is 20.0 Å². The molecule has 12 heteroatoms. The largest absolute Gasteiger partial charge is 0.457 e. The summed E-state index contributed by atoms with van der Waals surface area (Å²) >= 11 is 0. The van der Waals surface area contributed by atoms with Crippen LogP contribution >= 0.6 is 0 Å². The van der Waals surface area contributed by atoms with E-state index in [4.69, 9.17) is 9.47 Å². The van der Waals surface area contributed by atoms with Crippen molar-refractivity contribution in [3.63, 3.8) is 0 Å². The molecular formula is C29H40FN5O5S. The number of carbonyl (C=O) groups excluding carboxylic acids is 1. The van der Waals surface area contributed by atoms with Crippen LogP contribution in [0.25, 0.3) is 0 Å². The smallest absolute Gasteiger partial charge is 0.422 e. The van der Waals surface area contributed by atoms with Crippen LogP contribution in [-0.2, 0) is 25.9 Å². The molecule has 0 spiro atoms. The number of hydrogen-bond acceptors (Lipinski definition) is 8. The number of benzene rings is 2. The molecule has 0 bridgehead atoms. The second-order valence-electron chi connectivity index (χ2n) is 11.9. The molecule has 0 unspecified atom stereocenters. The molecule has 0 aliphatic carbocycles. The molecule has 0 radical (unpaired) electrons. The number of carbonyl (C=O) groups is 1. The van der Waals surface area contributed by atoms with Crippen molar-refractivity contribution in [3.05, 3.63) is 65.5 Å². The molecule has 41 heavy (non-hydrogen) atoms. The Hall–Kier alpha value is -3.38. The minimum Gasteiger partial charge on any atom is -0.457 e. The van der Waals surface area contributed by atoms with Crippen molar-refractivity contribution >= 4 is 27.8 Å². The van der Waals surface area contributed by atoms with Gasteiger partial charge in [0.1, 0.15) is 22.3 Å². The Bertz CT molecular complexity index is 1370. The van der Waals surface area contributed by atoms with Gasteiger partial charge in [-0.2, -0.15) is 0 Å². The van der Waals surface area contributed by atoms with E-state index >= 15 is 0 Å². The van der Waals surface area contributed by atoms with Crippen molar-refractivity contribution in [1.29, 1.82) is 0 Å². The molecule has 2 atom stereocenters. The Kier molecular flexibility index (Phi) is 8.84. The Balaban J connectivity index is 1.36. The predicted octanol–water partition coefficient (Wildman–Crippen LogP) is 4.14. The molecule has 2 aliphatic heterocycles. The van der Waals surface area contributed by atoms with E-state index in [1.807, 2.05) is 50.0 Å². The minimum atomic E-state index is -3.83. The number of aliphatic imine (C=N–C) groups is 1. The van der Waals surface area contributed by atoms with Crippen LogP contribution in [0.15, 0.2) is 53.5 Å². The van der Waals surface area contributed by atoms with Gasteiger partial charge in [-0.25, -0.2) is 32.3 Å². The second-order valence-corrected chi connectivity index (χ2v) is 13.8. The maximum Gasteiger partial charge on any atom is 0.422 e. The highest BCUT2D eigenvalue weighted by Gasteiger charge is 2.47. The van der Waals surface area contributed by atoms with Gasteiger partial charge >= 0.3 is 6.09 Å². The summed E-state index contributed by atoms with van der Waals surface area (Å²) in [5, 5.41) is 0.974. The maximum atomic E-state index is 14.2. The van der Waals surface area contributed by atoms with E-state index in [9.17, 15) is 17.6 Å². The average Bonchev–Trinajstić information content (AvgIpc) is 2.86. The van der Waals surface area contributed by atoms with Crippen LogP contribution in [-0.4, -0.2) is 68.2 Å². The summed E-state index contributed by atoms with van der Waals surface area (Å²) in [6, 6.07) is 13.3. The highest BCUT2D eigenvalue weighted by molar-refractivity contribution is 7.90. The molecule has 2 aromatic carbocycles. The average molecular weight is 590 g/mol. The summed E-state index contributed by atoms with van der Waals surface area (Å²) in [5.41, 5.74) is 3.38. The summed E-state index contributed by atoms with van der Waals surface area (Å²) in [6.45, 7) is 13.3. The van der Waals surface area contributed by atoms with Crippen molar-refractivity contribution in [3.8, 4) is 0 Å². The molecule has 0 saturated carbocycles. The zero-order chi connectivity index (χ0) is 30.0. The summed E-state index contributed by atoms with van der Waals surface area (Å²) in [5.74, 6) is -0.414. The fourth-order valence-electron chi connectivity index (χ4n) is 4.93. The van der Waals surface area contributed by atoms with Gasteiger partial charge in [0.25, 0.3) is 6.02 Å². The van der Waals surface area contributed by atoms with Gasteiger partial charge in [-0.15, -0.1) is 0 Å². The van der Waals surface area contributed by atoms with E-state index in [1.54, 1.807) is 39.0 Å². The second kappa shape index (κ2) is 11.8. The Labute approximate surface area is 241 Å². The number of rotatable bonds is 6. The Morgan fingerprint density at radius 2 is 1.78 bits per heavy atom. The van der Waals surface area contributed by atoms with Gasteiger partial charge in [-0.3, -0.25) is 5.43 Å². The number of hydrazine groups is 1. The third-order valence-electron chi connectivity index (χ3n) is 7.06. The lowest BCUT2D eigenvalue weighted by molar-refractivity contribution is 0.0320. The first-order valence-corrected chi connectivity index (χ1v) is 15.3.